The van der Waals surface area contributed by atoms with Gasteiger partial charge in [-0.2, -0.15) is 15.5 Å². The molecule has 6 heterocycles. The first-order valence-electron chi connectivity index (χ1n) is 26.3. The predicted octanol–water partition coefficient (Wildman–Crippen LogP) is 10.3. The molecule has 6 aliphatic rings. The number of nitrogens with zero attached hydrogens (tertiary/aromatic N) is 10. The second kappa shape index (κ2) is 20.2. The van der Waals surface area contributed by atoms with E-state index in [2.05, 4.69) is 62.6 Å². The lowest BCUT2D eigenvalue weighted by atomic mass is 9.52. The Morgan fingerprint density at radius 2 is 1.66 bits per heavy atom. The molecule has 74 heavy (non-hydrogen) atoms. The van der Waals surface area contributed by atoms with Gasteiger partial charge in [0.25, 0.3) is 12.3 Å². The number of carbonyl (C=O) groups is 2. The van der Waals surface area contributed by atoms with Crippen LogP contribution < -0.4 is 15.0 Å². The summed E-state index contributed by atoms with van der Waals surface area (Å²) in [5, 5.41) is 30.4. The summed E-state index contributed by atoms with van der Waals surface area (Å²) in [5.74, 6) is 0.783. The van der Waals surface area contributed by atoms with Gasteiger partial charge in [-0.3, -0.25) is 19.0 Å². The summed E-state index contributed by atoms with van der Waals surface area (Å²) in [4.78, 5) is 41.3. The van der Waals surface area contributed by atoms with E-state index in [-0.39, 0.29) is 57.2 Å². The molecule has 0 atom stereocenters. The Balaban J connectivity index is 0.000000563. The van der Waals surface area contributed by atoms with Gasteiger partial charge in [0, 0.05) is 105 Å². The maximum Gasteiger partial charge on any atom is 0.316 e. The molecule has 1 spiro atoms. The van der Waals surface area contributed by atoms with Gasteiger partial charge in [0.15, 0.2) is 5.82 Å². The number of anilines is 2. The number of nitrogens with one attached hydrogen (secondary N) is 1. The highest BCUT2D eigenvalue weighted by molar-refractivity contribution is 6.31. The van der Waals surface area contributed by atoms with Crippen LogP contribution in [0.3, 0.4) is 0 Å². The summed E-state index contributed by atoms with van der Waals surface area (Å²) in [6.45, 7) is 14.3. The van der Waals surface area contributed by atoms with Crippen molar-refractivity contribution in [2.75, 3.05) is 31.1 Å². The quantitative estimate of drug-likeness (QED) is 0.144. The first-order chi connectivity index (χ1) is 35.3. The summed E-state index contributed by atoms with van der Waals surface area (Å²) < 4.78 is 39.7. The molecule has 15 nitrogen and oxygen atoms in total. The third kappa shape index (κ3) is 10.2. The molecule has 0 unspecified atom stereocenters. The Morgan fingerprint density at radius 3 is 2.28 bits per heavy atom. The number of ether oxygens (including phenoxy) is 1. The van der Waals surface area contributed by atoms with Crippen LogP contribution in [-0.2, 0) is 31.2 Å². The zero-order valence-corrected chi connectivity index (χ0v) is 44.1. The second-order valence-electron chi connectivity index (χ2n) is 23.1. The number of likely N-dealkylation sites (tertiary alicyclic amines) is 1. The molecule has 3 saturated carbocycles. The number of aromatic hydroxyl groups is 1. The number of aromatic nitrogens is 6. The van der Waals surface area contributed by atoms with Gasteiger partial charge < -0.3 is 29.9 Å². The molecule has 1 saturated heterocycles. The summed E-state index contributed by atoms with van der Waals surface area (Å²) in [6, 6.07) is 11.0. The Hall–Kier alpha value is -6.12. The number of alkyl halides is 2. The molecule has 2 N–H and O–H groups in total. The molecular weight excluding hydrogens is 964 g/mol. The van der Waals surface area contributed by atoms with Crippen molar-refractivity contribution in [3.8, 4) is 29.0 Å². The van der Waals surface area contributed by atoms with Crippen LogP contribution in [0.5, 0.6) is 11.8 Å². The van der Waals surface area contributed by atoms with Crippen LogP contribution in [0.25, 0.3) is 11.1 Å². The van der Waals surface area contributed by atoms with Crippen LogP contribution in [0.1, 0.15) is 150 Å². The number of carbonyl (C=O) groups excluding carboxylic acids is 2. The molecule has 2 aromatic carbocycles. The van der Waals surface area contributed by atoms with Crippen molar-refractivity contribution in [2.24, 2.45) is 23.3 Å². The Kier molecular flexibility index (Phi) is 14.0. The van der Waals surface area contributed by atoms with Crippen LogP contribution in [0.15, 0.2) is 55.1 Å². The highest BCUT2D eigenvalue weighted by Crippen LogP contribution is 2.55. The van der Waals surface area contributed by atoms with Crippen LogP contribution in [-0.4, -0.2) is 101 Å². The lowest BCUT2D eigenvalue weighted by Gasteiger charge is -2.57. The van der Waals surface area contributed by atoms with Crippen LogP contribution in [0.4, 0.5) is 20.3 Å². The van der Waals surface area contributed by atoms with Crippen molar-refractivity contribution in [3.05, 3.63) is 93.7 Å². The molecule has 0 bridgehead atoms. The number of aryl methyl sites for hydroxylation is 2. The maximum atomic E-state index is 14.8. The number of amides is 2. The Morgan fingerprint density at radius 1 is 0.946 bits per heavy atom. The van der Waals surface area contributed by atoms with Crippen molar-refractivity contribution < 1.29 is 28.2 Å². The number of hydrogen-bond donors (Lipinski definition) is 2. The smallest absolute Gasteiger partial charge is 0.316 e. The van der Waals surface area contributed by atoms with Crippen molar-refractivity contribution in [2.45, 2.75) is 149 Å². The van der Waals surface area contributed by atoms with Gasteiger partial charge in [0.05, 0.1) is 34.9 Å². The van der Waals surface area contributed by atoms with Gasteiger partial charge in [-0.1, -0.05) is 39.3 Å². The molecule has 3 aromatic heterocycles. The van der Waals surface area contributed by atoms with Crippen molar-refractivity contribution >= 4 is 34.9 Å². The molecule has 4 fully saturated rings. The van der Waals surface area contributed by atoms with E-state index in [0.29, 0.717) is 59.4 Å². The lowest BCUT2D eigenvalue weighted by molar-refractivity contribution is -0.129. The molecule has 18 heteroatoms. The number of hydrogen-bond acceptors (Lipinski definition) is 11. The van der Waals surface area contributed by atoms with Crippen LogP contribution >= 0.6 is 11.6 Å². The monoisotopic (exact) mass is 1030 g/mol. The zero-order chi connectivity index (χ0) is 52.3. The van der Waals surface area contributed by atoms with Crippen LogP contribution in [0, 0.1) is 27.6 Å². The summed E-state index contributed by atoms with van der Waals surface area (Å²) in [6.07, 6.45) is 16.2. The number of benzene rings is 2. The number of nitriles is 1. The molecule has 3 aliphatic heterocycles. The zero-order valence-electron chi connectivity index (χ0n) is 43.4. The SMILES string of the molecule is CC(=O)N1CCc2c(c(N3CCCc4cc(-c5cnn(C)c5)c(C(F)F)cc43)nn2C2CCN(C3CC4(CCC(Oc5ncc(C(=O)NC6C(C)(C)CC6(C)C)cn5)CC4)C3)CC2)C1.N#Cc1ccc(O)cc1Cl. The minimum atomic E-state index is -2.65. The Bertz CT molecular complexity index is 2930. The standard InChI is InChI=1S/C49H64F2N10O3.C7H4ClNO/c1-30(62)59-19-13-40-39(28-59)43(60-16-7-8-31-20-37(33-26-54-57(6)27-33)38(42(50)51)21-41(31)60)56-61(40)34-11-17-58(18-12-34)35-22-49(23-35)14-9-36(10-15-49)64-46-52-24-32(25-53-46)44(63)55-45-47(2,3)29-48(45,4)5;8-7-3-6(10)2-1-5(7)4-9/h20-21,24-27,34-36,42,45H,7-19,22-23,28-29H2,1-6H3,(H,55,63);1-3,10H. The first kappa shape index (κ1) is 51.4. The fourth-order valence-corrected chi connectivity index (χ4v) is 13.9. The van der Waals surface area contributed by atoms with E-state index in [1.54, 1.807) is 49.5 Å². The van der Waals surface area contributed by atoms with E-state index in [1.807, 2.05) is 17.0 Å². The molecule has 0 radical (unpaired) electrons. The normalized spacial score (nSPS) is 23.4. The molecule has 2 amide bonds. The predicted molar refractivity (Wildman–Crippen MR) is 277 cm³/mol. The van der Waals surface area contributed by atoms with Gasteiger partial charge in [-0.15, -0.1) is 0 Å². The van der Waals surface area contributed by atoms with E-state index < -0.39 is 6.43 Å². The number of phenols is 1. The minimum absolute atomic E-state index is 0.0000174. The van der Waals surface area contributed by atoms with Crippen LogP contribution in [0.2, 0.25) is 5.02 Å². The van der Waals surface area contributed by atoms with E-state index >= 15 is 0 Å². The second-order valence-corrected chi connectivity index (χ2v) is 23.6. The number of halogens is 3. The lowest BCUT2D eigenvalue weighted by Crippen LogP contribution is -2.63. The molecule has 5 aromatic rings. The van der Waals surface area contributed by atoms with Gasteiger partial charge in [-0.25, -0.2) is 18.7 Å². The fourth-order valence-electron chi connectivity index (χ4n) is 13.6. The number of fused-ring (bicyclic) bond motifs is 2. The average Bonchev–Trinajstić information content (AvgIpc) is 3.99. The van der Waals surface area contributed by atoms with E-state index in [4.69, 9.17) is 31.8 Å². The number of rotatable bonds is 9. The summed E-state index contributed by atoms with van der Waals surface area (Å²) in [7, 11) is 1.80. The van der Waals surface area contributed by atoms with E-state index in [1.165, 1.54) is 36.7 Å². The highest BCUT2D eigenvalue weighted by atomic mass is 35.5. The Labute approximate surface area is 437 Å². The minimum Gasteiger partial charge on any atom is -0.508 e. The van der Waals surface area contributed by atoms with Gasteiger partial charge in [-0.05, 0) is 128 Å². The maximum absolute atomic E-state index is 14.8. The molecule has 392 valence electrons. The number of piperidine rings is 1. The largest absolute Gasteiger partial charge is 0.508 e. The topological polar surface area (TPSA) is 171 Å². The van der Waals surface area contributed by atoms with E-state index in [9.17, 15) is 18.4 Å². The van der Waals surface area contributed by atoms with Crippen molar-refractivity contribution in [3.63, 3.8) is 0 Å². The summed E-state index contributed by atoms with van der Waals surface area (Å²) >= 11 is 5.55. The van der Waals surface area contributed by atoms with Crippen molar-refractivity contribution in [1.82, 2.24) is 44.6 Å². The number of phenolic OH excluding ortho intramolecular Hbond substituents is 1. The van der Waals surface area contributed by atoms with Gasteiger partial charge in [0.2, 0.25) is 5.91 Å². The van der Waals surface area contributed by atoms with Gasteiger partial charge in [0.1, 0.15) is 17.9 Å². The third-order valence-corrected chi connectivity index (χ3v) is 17.4. The molecular formula is C56H68ClF2N11O4. The molecule has 3 aliphatic carbocycles. The summed E-state index contributed by atoms with van der Waals surface area (Å²) in [5.41, 5.74) is 6.61. The third-order valence-electron chi connectivity index (χ3n) is 17.1. The molecule has 11 rings (SSSR count). The van der Waals surface area contributed by atoms with Gasteiger partial charge >= 0.3 is 6.01 Å². The fraction of sp³-hybridized carbons (Fsp3) is 0.554. The first-order valence-corrected chi connectivity index (χ1v) is 26.7. The van der Waals surface area contributed by atoms with Crippen molar-refractivity contribution in [1.29, 1.82) is 5.26 Å². The van der Waals surface area contributed by atoms with E-state index in [0.717, 1.165) is 99.9 Å². The highest BCUT2D eigenvalue weighted by Gasteiger charge is 2.54. The average molecular weight is 1030 g/mol.